The van der Waals surface area contributed by atoms with E-state index in [4.69, 9.17) is 14.2 Å². The fourth-order valence-electron chi connectivity index (χ4n) is 9.66. The Kier molecular flexibility index (Phi) is 65.2. The Labute approximate surface area is 501 Å². The fraction of sp³-hybridized carbons (Fsp3) is 0.720. The predicted octanol–water partition coefficient (Wildman–Crippen LogP) is 23.8. The molecule has 0 amide bonds. The van der Waals surface area contributed by atoms with Crippen LogP contribution in [0, 0.1) is 0 Å². The number of hydrogen-bond acceptors (Lipinski definition) is 6. The Morgan fingerprint density at radius 2 is 0.481 bits per heavy atom. The molecule has 0 heterocycles. The van der Waals surface area contributed by atoms with Crippen LogP contribution in [0.1, 0.15) is 329 Å². The van der Waals surface area contributed by atoms with E-state index >= 15 is 0 Å². The number of carbonyl (C=O) groups is 3. The molecule has 0 aliphatic carbocycles. The van der Waals surface area contributed by atoms with Crippen LogP contribution >= 0.6 is 0 Å². The maximum Gasteiger partial charge on any atom is 0.306 e. The third-order valence-electron chi connectivity index (χ3n) is 14.7. The minimum atomic E-state index is -0.804. The number of carbonyl (C=O) groups excluding carboxylic acids is 3. The van der Waals surface area contributed by atoms with Crippen LogP contribution in [-0.4, -0.2) is 37.2 Å². The molecule has 6 nitrogen and oxygen atoms in total. The van der Waals surface area contributed by atoms with E-state index in [1.165, 1.54) is 154 Å². The van der Waals surface area contributed by atoms with Gasteiger partial charge in [-0.15, -0.1) is 0 Å². The van der Waals surface area contributed by atoms with Gasteiger partial charge >= 0.3 is 17.9 Å². The second-order valence-electron chi connectivity index (χ2n) is 22.7. The highest BCUT2D eigenvalue weighted by Crippen LogP contribution is 2.17. The van der Waals surface area contributed by atoms with E-state index in [-0.39, 0.29) is 31.1 Å². The zero-order chi connectivity index (χ0) is 58.5. The van der Waals surface area contributed by atoms with E-state index in [2.05, 4.69) is 130 Å². The molecule has 0 saturated carbocycles. The molecule has 0 saturated heterocycles. The third-order valence-corrected chi connectivity index (χ3v) is 14.7. The first-order valence-corrected chi connectivity index (χ1v) is 34.4. The van der Waals surface area contributed by atoms with Crippen molar-refractivity contribution < 1.29 is 28.6 Å². The van der Waals surface area contributed by atoms with Crippen molar-refractivity contribution in [3.63, 3.8) is 0 Å². The van der Waals surface area contributed by atoms with Crippen molar-refractivity contribution in [1.29, 1.82) is 0 Å². The number of hydrogen-bond donors (Lipinski definition) is 0. The molecular formula is C75H128O6. The van der Waals surface area contributed by atoms with Crippen molar-refractivity contribution in [1.82, 2.24) is 0 Å². The van der Waals surface area contributed by atoms with Gasteiger partial charge in [-0.1, -0.05) is 297 Å². The van der Waals surface area contributed by atoms with Gasteiger partial charge in [0.15, 0.2) is 6.10 Å². The summed E-state index contributed by atoms with van der Waals surface area (Å²) in [5.74, 6) is -0.934. The van der Waals surface area contributed by atoms with Crippen molar-refractivity contribution in [3.8, 4) is 0 Å². The van der Waals surface area contributed by atoms with E-state index < -0.39 is 6.10 Å². The molecule has 1 atom stereocenters. The van der Waals surface area contributed by atoms with Crippen molar-refractivity contribution in [2.45, 2.75) is 335 Å². The van der Waals surface area contributed by atoms with Gasteiger partial charge in [-0.05, 0) is 122 Å². The molecular weight excluding hydrogens is 997 g/mol. The number of unbranched alkanes of at least 4 members (excludes halogenated alkanes) is 33. The van der Waals surface area contributed by atoms with Crippen LogP contribution in [0.3, 0.4) is 0 Å². The topological polar surface area (TPSA) is 78.9 Å². The maximum absolute atomic E-state index is 12.9. The lowest BCUT2D eigenvalue weighted by atomic mass is 10.0. The summed E-state index contributed by atoms with van der Waals surface area (Å²) in [4.78, 5) is 38.4. The lowest BCUT2D eigenvalue weighted by molar-refractivity contribution is -0.167. The first-order valence-electron chi connectivity index (χ1n) is 34.4. The van der Waals surface area contributed by atoms with Crippen molar-refractivity contribution in [2.75, 3.05) is 13.2 Å². The van der Waals surface area contributed by atoms with Crippen molar-refractivity contribution in [3.05, 3.63) is 109 Å². The predicted molar refractivity (Wildman–Crippen MR) is 353 cm³/mol. The lowest BCUT2D eigenvalue weighted by Crippen LogP contribution is -2.30. The Bertz CT molecular complexity index is 1620. The summed E-state index contributed by atoms with van der Waals surface area (Å²) in [6.07, 6.45) is 94.0. The second kappa shape index (κ2) is 68.6. The minimum Gasteiger partial charge on any atom is -0.462 e. The van der Waals surface area contributed by atoms with Crippen LogP contribution in [0.2, 0.25) is 0 Å². The number of rotatable bonds is 62. The first kappa shape index (κ1) is 77.1. The average Bonchev–Trinajstić information content (AvgIpc) is 3.47. The van der Waals surface area contributed by atoms with Crippen LogP contribution < -0.4 is 0 Å². The normalized spacial score (nSPS) is 12.8. The molecule has 0 aromatic heterocycles. The van der Waals surface area contributed by atoms with Crippen LogP contribution in [-0.2, 0) is 28.6 Å². The molecule has 0 radical (unpaired) electrons. The third kappa shape index (κ3) is 66.8. The Hall–Kier alpha value is -3.93. The molecule has 0 rings (SSSR count). The van der Waals surface area contributed by atoms with Crippen LogP contribution in [0.25, 0.3) is 0 Å². The molecule has 464 valence electrons. The van der Waals surface area contributed by atoms with Gasteiger partial charge in [-0.25, -0.2) is 0 Å². The summed E-state index contributed by atoms with van der Waals surface area (Å²) in [5.41, 5.74) is 0. The standard InChI is InChI=1S/C75H128O6/c1-4-7-10-13-16-19-22-25-28-31-32-33-34-35-36-37-38-39-40-41-42-45-47-50-53-56-59-62-65-68-74(77)80-71-72(81-75(78)69-66-63-60-57-54-51-48-44-30-27-24-21-18-15-12-9-6-3)70-79-73(76)67-64-61-58-55-52-49-46-43-29-26-23-20-17-14-11-8-5-2/h8-9,11-12,17-18,20-21,26-27,29-32,46,48-49,51,72H,4-7,10,13-16,19,22-25,28,33-45,47,50,52-71H2,1-3H3/b11-8-,12-9-,20-17-,21-18-,29-26-,30-27-,32-31-,49-46-,51-48-. The monoisotopic (exact) mass is 1120 g/mol. The minimum absolute atomic E-state index is 0.0955. The highest BCUT2D eigenvalue weighted by Gasteiger charge is 2.19. The molecule has 0 aliphatic rings. The van der Waals surface area contributed by atoms with Gasteiger partial charge in [0, 0.05) is 19.3 Å². The zero-order valence-electron chi connectivity index (χ0n) is 53.3. The van der Waals surface area contributed by atoms with Gasteiger partial charge in [0.2, 0.25) is 0 Å². The summed E-state index contributed by atoms with van der Waals surface area (Å²) >= 11 is 0. The summed E-state index contributed by atoms with van der Waals surface area (Å²) in [7, 11) is 0. The Morgan fingerprint density at radius 3 is 0.765 bits per heavy atom. The lowest BCUT2D eigenvalue weighted by Gasteiger charge is -2.18. The molecule has 0 bridgehead atoms. The quantitative estimate of drug-likeness (QED) is 0.0261. The van der Waals surface area contributed by atoms with Gasteiger partial charge in [-0.2, -0.15) is 0 Å². The SMILES string of the molecule is CC/C=C\C/C=C\C/C=C\C/C=C\CCCCCCC(=O)OCC(COC(=O)CCCCCCCCCCCCCCCCCCC/C=C\CCCCCCCCCC)OC(=O)CCCCCC/C=C\C/C=C\C/C=C\C/C=C\CC. The molecule has 81 heavy (non-hydrogen) atoms. The average molecular weight is 1130 g/mol. The molecule has 0 spiro atoms. The van der Waals surface area contributed by atoms with Gasteiger partial charge in [0.25, 0.3) is 0 Å². The van der Waals surface area contributed by atoms with E-state index in [0.29, 0.717) is 19.3 Å². The van der Waals surface area contributed by atoms with Crippen LogP contribution in [0.4, 0.5) is 0 Å². The van der Waals surface area contributed by atoms with Crippen LogP contribution in [0.5, 0.6) is 0 Å². The molecule has 0 fully saturated rings. The summed E-state index contributed by atoms with van der Waals surface area (Å²) < 4.78 is 16.9. The number of ether oxygens (including phenoxy) is 3. The van der Waals surface area contributed by atoms with Gasteiger partial charge < -0.3 is 14.2 Å². The fourth-order valence-corrected chi connectivity index (χ4v) is 9.66. The molecule has 0 aromatic carbocycles. The molecule has 0 N–H and O–H groups in total. The second-order valence-corrected chi connectivity index (χ2v) is 22.7. The molecule has 6 heteroatoms. The highest BCUT2D eigenvalue weighted by molar-refractivity contribution is 5.71. The van der Waals surface area contributed by atoms with Gasteiger partial charge in [0.05, 0.1) is 0 Å². The maximum atomic E-state index is 12.9. The summed E-state index contributed by atoms with van der Waals surface area (Å²) in [6.45, 7) is 6.40. The number of allylic oxidation sites excluding steroid dienone is 18. The van der Waals surface area contributed by atoms with E-state index in [9.17, 15) is 14.4 Å². The molecule has 0 aromatic rings. The summed E-state index contributed by atoms with van der Waals surface area (Å²) in [5, 5.41) is 0. The number of esters is 3. The van der Waals surface area contributed by atoms with Gasteiger partial charge in [-0.3, -0.25) is 14.4 Å². The van der Waals surface area contributed by atoms with E-state index in [1.807, 2.05) is 0 Å². The van der Waals surface area contributed by atoms with Crippen molar-refractivity contribution >= 4 is 17.9 Å². The highest BCUT2D eigenvalue weighted by atomic mass is 16.6. The van der Waals surface area contributed by atoms with Gasteiger partial charge in [0.1, 0.15) is 13.2 Å². The Balaban J connectivity index is 4.31. The molecule has 1 unspecified atom stereocenters. The van der Waals surface area contributed by atoms with Crippen LogP contribution in [0.15, 0.2) is 109 Å². The smallest absolute Gasteiger partial charge is 0.306 e. The Morgan fingerprint density at radius 1 is 0.259 bits per heavy atom. The molecule has 0 aliphatic heterocycles. The van der Waals surface area contributed by atoms with Crippen molar-refractivity contribution in [2.24, 2.45) is 0 Å². The summed E-state index contributed by atoms with van der Waals surface area (Å²) in [6, 6.07) is 0. The zero-order valence-corrected chi connectivity index (χ0v) is 53.3. The van der Waals surface area contributed by atoms with E-state index in [1.54, 1.807) is 0 Å². The van der Waals surface area contributed by atoms with E-state index in [0.717, 1.165) is 135 Å². The largest absolute Gasteiger partial charge is 0.462 e. The first-order chi connectivity index (χ1) is 40.0.